The molecular weight excluding hydrogens is 424 g/mol. The van der Waals surface area contributed by atoms with Crippen molar-refractivity contribution in [1.82, 2.24) is 24.6 Å². The van der Waals surface area contributed by atoms with Gasteiger partial charge in [-0.25, -0.2) is 14.8 Å². The lowest BCUT2D eigenvalue weighted by atomic mass is 10.2. The molecule has 0 unspecified atom stereocenters. The van der Waals surface area contributed by atoms with Gasteiger partial charge < -0.3 is 14.4 Å². The van der Waals surface area contributed by atoms with E-state index in [0.29, 0.717) is 48.4 Å². The smallest absolute Gasteiger partial charge is 0.331 e. The van der Waals surface area contributed by atoms with E-state index in [2.05, 4.69) is 31.9 Å². The van der Waals surface area contributed by atoms with Crippen LogP contribution in [0.5, 0.6) is 11.6 Å². The first-order valence-electron chi connectivity index (χ1n) is 10.4. The predicted octanol–water partition coefficient (Wildman–Crippen LogP) is 3.63. The molecule has 168 valence electrons. The summed E-state index contributed by atoms with van der Waals surface area (Å²) in [6.07, 6.45) is 3.16. The molecule has 5 rings (SSSR count). The molecule has 0 atom stereocenters. The summed E-state index contributed by atoms with van der Waals surface area (Å²) < 4.78 is 12.7. The Kier molecular flexibility index (Phi) is 5.37. The van der Waals surface area contributed by atoms with E-state index in [9.17, 15) is 9.90 Å². The summed E-state index contributed by atoms with van der Waals surface area (Å²) in [4.78, 5) is 23.5. The molecule has 3 aromatic heterocycles. The van der Waals surface area contributed by atoms with Gasteiger partial charge in [0.05, 0.1) is 23.4 Å². The summed E-state index contributed by atoms with van der Waals surface area (Å²) >= 11 is 0. The van der Waals surface area contributed by atoms with Crippen LogP contribution in [0.2, 0.25) is 0 Å². The maximum atomic E-state index is 12.7. The molecule has 0 aliphatic carbocycles. The minimum absolute atomic E-state index is 0.0879. The number of amides is 1. The standard InChI is InChI=1S/C23H22N6O4/c1-14(2)20-10-21(27-33-20)26-23(31)29-6-5-15-9-16(3-4-19(15)29)32-22-17-11-28(7-8-30)12-18(17)24-13-25-22/h3-6,9-10,13,30H,1,7-8,11-12H2,2H3,(H,26,27,31). The molecular formula is C23H22N6O4. The fourth-order valence-corrected chi connectivity index (χ4v) is 3.78. The number of hydrogen-bond acceptors (Lipinski definition) is 8. The van der Waals surface area contributed by atoms with Crippen LogP contribution < -0.4 is 10.1 Å². The molecule has 0 radical (unpaired) electrons. The first kappa shape index (κ1) is 20.9. The van der Waals surface area contributed by atoms with Crippen LogP contribution >= 0.6 is 0 Å². The van der Waals surface area contributed by atoms with Gasteiger partial charge in [0.25, 0.3) is 0 Å². The normalized spacial score (nSPS) is 13.3. The average molecular weight is 446 g/mol. The second-order valence-electron chi connectivity index (χ2n) is 7.83. The Morgan fingerprint density at radius 3 is 2.94 bits per heavy atom. The zero-order chi connectivity index (χ0) is 22.9. The third-order valence-corrected chi connectivity index (χ3v) is 5.43. The highest BCUT2D eigenvalue weighted by molar-refractivity contribution is 5.98. The number of aliphatic hydroxyl groups excluding tert-OH is 1. The number of ether oxygens (including phenoxy) is 1. The summed E-state index contributed by atoms with van der Waals surface area (Å²) in [6, 6.07) is 8.54. The second kappa shape index (κ2) is 8.49. The first-order chi connectivity index (χ1) is 16.0. The van der Waals surface area contributed by atoms with Crippen molar-refractivity contribution in [3.05, 3.63) is 66.5 Å². The SMILES string of the molecule is C=C(C)c1cc(NC(=O)n2ccc3cc(Oc4ncnc5c4CN(CCO)C5)ccc32)no1. The van der Waals surface area contributed by atoms with Crippen molar-refractivity contribution in [1.29, 1.82) is 0 Å². The van der Waals surface area contributed by atoms with Crippen LogP contribution in [-0.4, -0.2) is 48.9 Å². The Bertz CT molecular complexity index is 1360. The number of β-amino-alcohol motifs (C(OH)–C–C–N with tert-alkyl or cyclic N) is 1. The fraction of sp³-hybridized carbons (Fsp3) is 0.217. The summed E-state index contributed by atoms with van der Waals surface area (Å²) in [7, 11) is 0. The van der Waals surface area contributed by atoms with Crippen LogP contribution in [0.1, 0.15) is 23.9 Å². The minimum Gasteiger partial charge on any atom is -0.439 e. The second-order valence-corrected chi connectivity index (χ2v) is 7.83. The van der Waals surface area contributed by atoms with E-state index in [1.165, 1.54) is 10.9 Å². The number of aromatic nitrogens is 4. The van der Waals surface area contributed by atoms with Crippen LogP contribution in [0.3, 0.4) is 0 Å². The van der Waals surface area contributed by atoms with Crippen molar-refractivity contribution in [2.24, 2.45) is 0 Å². The number of hydrogen-bond donors (Lipinski definition) is 2. The largest absolute Gasteiger partial charge is 0.439 e. The molecule has 33 heavy (non-hydrogen) atoms. The molecule has 4 heterocycles. The van der Waals surface area contributed by atoms with Crippen molar-refractivity contribution in [2.75, 3.05) is 18.5 Å². The van der Waals surface area contributed by atoms with Crippen LogP contribution in [0.25, 0.3) is 16.5 Å². The van der Waals surface area contributed by atoms with E-state index in [0.717, 1.165) is 22.2 Å². The van der Waals surface area contributed by atoms with E-state index >= 15 is 0 Å². The quantitative estimate of drug-likeness (QED) is 0.461. The number of fused-ring (bicyclic) bond motifs is 2. The van der Waals surface area contributed by atoms with Gasteiger partial charge in [-0.1, -0.05) is 11.7 Å². The van der Waals surface area contributed by atoms with Crippen LogP contribution in [-0.2, 0) is 13.1 Å². The monoisotopic (exact) mass is 446 g/mol. The molecule has 0 spiro atoms. The van der Waals surface area contributed by atoms with Crippen molar-refractivity contribution in [2.45, 2.75) is 20.0 Å². The molecule has 10 heteroatoms. The number of aliphatic hydroxyl groups is 1. The van der Waals surface area contributed by atoms with Gasteiger partial charge >= 0.3 is 6.03 Å². The topological polar surface area (TPSA) is 119 Å². The lowest BCUT2D eigenvalue weighted by Crippen LogP contribution is -2.20. The van der Waals surface area contributed by atoms with Crippen LogP contribution in [0.4, 0.5) is 10.6 Å². The number of carbonyl (C=O) groups is 1. The summed E-state index contributed by atoms with van der Waals surface area (Å²) in [5.41, 5.74) is 3.26. The van der Waals surface area contributed by atoms with Gasteiger partial charge in [0.1, 0.15) is 12.1 Å². The molecule has 1 amide bonds. The molecule has 1 aromatic carbocycles. The fourth-order valence-electron chi connectivity index (χ4n) is 3.78. The Labute approximate surface area is 189 Å². The van der Waals surface area contributed by atoms with Crippen molar-refractivity contribution in [3.8, 4) is 11.6 Å². The van der Waals surface area contributed by atoms with Crippen molar-refractivity contribution >= 4 is 28.3 Å². The van der Waals surface area contributed by atoms with Gasteiger partial charge in [0.2, 0.25) is 5.88 Å². The number of allylic oxidation sites excluding steroid dienone is 1. The molecule has 10 nitrogen and oxygen atoms in total. The minimum atomic E-state index is -0.363. The Morgan fingerprint density at radius 1 is 1.27 bits per heavy atom. The number of carbonyl (C=O) groups excluding carboxylic acids is 1. The molecule has 4 aromatic rings. The summed E-state index contributed by atoms with van der Waals surface area (Å²) in [6.45, 7) is 7.53. The van der Waals surface area contributed by atoms with Gasteiger partial charge in [-0.3, -0.25) is 14.8 Å². The summed E-state index contributed by atoms with van der Waals surface area (Å²) in [5, 5.41) is 16.6. The van der Waals surface area contributed by atoms with Gasteiger partial charge in [-0.2, -0.15) is 0 Å². The van der Waals surface area contributed by atoms with Gasteiger partial charge in [-0.15, -0.1) is 0 Å². The maximum Gasteiger partial charge on any atom is 0.331 e. The molecule has 0 saturated carbocycles. The molecule has 2 N–H and O–H groups in total. The molecule has 0 saturated heterocycles. The zero-order valence-corrected chi connectivity index (χ0v) is 18.0. The van der Waals surface area contributed by atoms with E-state index in [1.807, 2.05) is 18.2 Å². The Hall–Kier alpha value is -4.02. The average Bonchev–Trinajstić information content (AvgIpc) is 3.52. The summed E-state index contributed by atoms with van der Waals surface area (Å²) in [5.74, 6) is 1.92. The number of nitrogens with zero attached hydrogens (tertiary/aromatic N) is 5. The Morgan fingerprint density at radius 2 is 2.15 bits per heavy atom. The maximum absolute atomic E-state index is 12.7. The molecule has 1 aliphatic heterocycles. The molecule has 0 bridgehead atoms. The predicted molar refractivity (Wildman–Crippen MR) is 121 cm³/mol. The zero-order valence-electron chi connectivity index (χ0n) is 18.0. The number of anilines is 1. The van der Waals surface area contributed by atoms with Crippen molar-refractivity contribution < 1.29 is 19.2 Å². The third kappa shape index (κ3) is 4.09. The van der Waals surface area contributed by atoms with Crippen molar-refractivity contribution in [3.63, 3.8) is 0 Å². The van der Waals surface area contributed by atoms with E-state index in [4.69, 9.17) is 9.26 Å². The number of nitrogens with one attached hydrogen (secondary N) is 1. The lowest BCUT2D eigenvalue weighted by Gasteiger charge is -2.12. The van der Waals surface area contributed by atoms with Gasteiger partial charge in [0.15, 0.2) is 11.6 Å². The van der Waals surface area contributed by atoms with Crippen LogP contribution in [0, 0.1) is 0 Å². The third-order valence-electron chi connectivity index (χ3n) is 5.43. The number of benzene rings is 1. The van der Waals surface area contributed by atoms with E-state index in [-0.39, 0.29) is 12.6 Å². The number of rotatable bonds is 6. The van der Waals surface area contributed by atoms with Gasteiger partial charge in [-0.05, 0) is 36.8 Å². The highest BCUT2D eigenvalue weighted by Crippen LogP contribution is 2.32. The van der Waals surface area contributed by atoms with Gasteiger partial charge in [0, 0.05) is 37.3 Å². The molecule has 0 fully saturated rings. The first-order valence-corrected chi connectivity index (χ1v) is 10.4. The van der Waals surface area contributed by atoms with E-state index < -0.39 is 0 Å². The highest BCUT2D eigenvalue weighted by atomic mass is 16.5. The molecule has 1 aliphatic rings. The highest BCUT2D eigenvalue weighted by Gasteiger charge is 2.24. The van der Waals surface area contributed by atoms with Crippen LogP contribution in [0.15, 0.2) is 54.0 Å². The van der Waals surface area contributed by atoms with E-state index in [1.54, 1.807) is 25.3 Å². The lowest BCUT2D eigenvalue weighted by molar-refractivity contribution is 0.196. The Balaban J connectivity index is 1.34.